The fourth-order valence-corrected chi connectivity index (χ4v) is 15.1. The van der Waals surface area contributed by atoms with Gasteiger partial charge < -0.3 is 28.6 Å². The summed E-state index contributed by atoms with van der Waals surface area (Å²) in [5, 5.41) is 3.49. The van der Waals surface area contributed by atoms with Gasteiger partial charge in [0.05, 0.1) is 22.4 Å². The highest BCUT2D eigenvalue weighted by Gasteiger charge is 2.48. The van der Waals surface area contributed by atoms with Crippen LogP contribution in [0.4, 0.5) is 68.2 Å². The molecule has 2 aromatic heterocycles. The Balaban J connectivity index is 1.00. The Labute approximate surface area is 516 Å². The highest BCUT2D eigenvalue weighted by Crippen LogP contribution is 2.51. The third-order valence-corrected chi connectivity index (χ3v) is 19.3. The van der Waals surface area contributed by atoms with Crippen molar-refractivity contribution in [2.75, 3.05) is 19.6 Å². The first kappa shape index (κ1) is 52.4. The second kappa shape index (κ2) is 18.8. The molecule has 8 heteroatoms. The number of hydrogen-bond acceptors (Lipinski definition) is 5. The molecule has 0 amide bonds. The summed E-state index contributed by atoms with van der Waals surface area (Å²) in [4.78, 5) is 10.1. The van der Waals surface area contributed by atoms with Crippen LogP contribution in [0.3, 0.4) is 0 Å². The predicted octanol–water partition coefficient (Wildman–Crippen LogP) is 17.6. The molecular formula is C80H67B2N5O. The van der Waals surface area contributed by atoms with Crippen LogP contribution in [0, 0.1) is 0 Å². The Morgan fingerprint density at radius 3 is 1.25 bits per heavy atom. The predicted molar refractivity (Wildman–Crippen MR) is 375 cm³/mol. The monoisotopic (exact) mass is 1140 g/mol. The van der Waals surface area contributed by atoms with Gasteiger partial charge in [-0.2, -0.15) is 0 Å². The Morgan fingerprint density at radius 2 is 0.705 bits per heavy atom. The number of fused-ring (bicyclic) bond motifs is 13. The number of nitrogens with zero attached hydrogens (tertiary/aromatic N) is 5. The third-order valence-electron chi connectivity index (χ3n) is 19.3. The molecule has 11 aromatic carbocycles. The average Bonchev–Trinajstić information content (AvgIpc) is 1.33. The minimum atomic E-state index is -0.235. The minimum absolute atomic E-state index is 0.0409. The molecule has 13 aromatic rings. The molecule has 0 fully saturated rings. The molecule has 4 aliphatic heterocycles. The fourth-order valence-electron chi connectivity index (χ4n) is 15.1. The van der Waals surface area contributed by atoms with Gasteiger partial charge in [-0.15, -0.1) is 0 Å². The lowest BCUT2D eigenvalue weighted by atomic mass is 9.33. The van der Waals surface area contributed by atoms with E-state index in [1.165, 1.54) is 83.2 Å². The number of hydrogen-bond donors (Lipinski definition) is 0. The van der Waals surface area contributed by atoms with Crippen molar-refractivity contribution < 1.29 is 4.42 Å². The molecule has 88 heavy (non-hydrogen) atoms. The fraction of sp³-hybridized carbons (Fsp3) is 0.150. The maximum absolute atomic E-state index is 7.37. The zero-order chi connectivity index (χ0) is 59.7. The molecule has 0 radical (unpaired) electrons. The van der Waals surface area contributed by atoms with E-state index in [-0.39, 0.29) is 29.7 Å². The van der Waals surface area contributed by atoms with E-state index in [0.29, 0.717) is 0 Å². The molecule has 0 bridgehead atoms. The smallest absolute Gasteiger partial charge is 0.297 e. The van der Waals surface area contributed by atoms with Gasteiger partial charge in [0.25, 0.3) is 13.4 Å². The van der Waals surface area contributed by atoms with E-state index >= 15 is 0 Å². The summed E-state index contributed by atoms with van der Waals surface area (Å²) in [6.07, 6.45) is 0. The van der Waals surface area contributed by atoms with Crippen LogP contribution in [0.15, 0.2) is 247 Å². The summed E-state index contributed by atoms with van der Waals surface area (Å²) in [7, 11) is 0. The van der Waals surface area contributed by atoms with Gasteiger partial charge in [-0.05, 0) is 176 Å². The first-order valence-corrected chi connectivity index (χ1v) is 31.2. The van der Waals surface area contributed by atoms with Crippen LogP contribution in [0.2, 0.25) is 0 Å². The van der Waals surface area contributed by atoms with Crippen molar-refractivity contribution in [1.29, 1.82) is 0 Å². The topological polar surface area (TPSA) is 31.0 Å². The molecule has 0 N–H and O–H groups in total. The van der Waals surface area contributed by atoms with Crippen molar-refractivity contribution in [2.45, 2.75) is 78.6 Å². The van der Waals surface area contributed by atoms with E-state index in [1.54, 1.807) is 0 Å². The van der Waals surface area contributed by atoms with E-state index in [2.05, 4.69) is 329 Å². The first-order chi connectivity index (χ1) is 42.6. The number of furan rings is 1. The largest absolute Gasteiger partial charge is 0.468 e. The zero-order valence-corrected chi connectivity index (χ0v) is 51.4. The molecular weight excluding hydrogens is 1070 g/mol. The lowest BCUT2D eigenvalue weighted by Gasteiger charge is -2.44. The summed E-state index contributed by atoms with van der Waals surface area (Å²) in [6, 6.07) is 91.5. The molecule has 17 rings (SSSR count). The molecule has 4 aliphatic rings. The highest BCUT2D eigenvalue weighted by atomic mass is 16.3. The molecule has 0 spiro atoms. The van der Waals surface area contributed by atoms with Gasteiger partial charge in [-0.1, -0.05) is 190 Å². The number of para-hydroxylation sites is 4. The lowest BCUT2D eigenvalue weighted by molar-refractivity contribution is 0.589. The Kier molecular flexibility index (Phi) is 11.2. The van der Waals surface area contributed by atoms with Crippen molar-refractivity contribution in [1.82, 2.24) is 4.57 Å². The lowest BCUT2D eigenvalue weighted by Crippen LogP contribution is -2.61. The minimum Gasteiger partial charge on any atom is -0.468 e. The van der Waals surface area contributed by atoms with E-state index in [4.69, 9.17) is 4.42 Å². The number of benzene rings is 11. The molecule has 0 atom stereocenters. The first-order valence-electron chi connectivity index (χ1n) is 31.2. The summed E-state index contributed by atoms with van der Waals surface area (Å²) >= 11 is 0. The molecule has 0 saturated heterocycles. The van der Waals surface area contributed by atoms with Gasteiger partial charge >= 0.3 is 0 Å². The maximum atomic E-state index is 7.37. The SMILES string of the molecule is CC(C)(C)c1cccc(N2c3cc(C(C)(C)C)ccc3B3c4cc5c6cc7c(cc6n(-c6cccc(C(C)(C)C)c6)c5cc4N(c4ccccc4)c4cccc2c43)N(c2ccccc2)c2cccc3c2B7c2oc4ccccc4c2N3c2ccccc2)c1. The van der Waals surface area contributed by atoms with E-state index in [1.807, 2.05) is 0 Å². The molecule has 0 aliphatic carbocycles. The van der Waals surface area contributed by atoms with Gasteiger partial charge in [0.15, 0.2) is 0 Å². The van der Waals surface area contributed by atoms with Gasteiger partial charge in [0, 0.05) is 84.4 Å². The Hall–Kier alpha value is -9.91. The van der Waals surface area contributed by atoms with Crippen LogP contribution in [-0.4, -0.2) is 18.0 Å². The van der Waals surface area contributed by atoms with Crippen LogP contribution in [-0.2, 0) is 16.2 Å². The Bertz CT molecular complexity index is 5030. The second-order valence-electron chi connectivity index (χ2n) is 27.8. The summed E-state index contributed by atoms with van der Waals surface area (Å²) < 4.78 is 9.94. The van der Waals surface area contributed by atoms with Gasteiger partial charge in [-0.3, -0.25) is 0 Å². The average molecular weight is 1140 g/mol. The maximum Gasteiger partial charge on any atom is 0.297 e. The summed E-state index contributed by atoms with van der Waals surface area (Å²) in [5.41, 5.74) is 29.0. The van der Waals surface area contributed by atoms with Crippen molar-refractivity contribution in [3.8, 4) is 5.69 Å². The molecule has 6 nitrogen and oxygen atoms in total. The van der Waals surface area contributed by atoms with Gasteiger partial charge in [0.2, 0.25) is 0 Å². The quantitative estimate of drug-likeness (QED) is 0.160. The van der Waals surface area contributed by atoms with Crippen LogP contribution in [0.1, 0.15) is 79.0 Å². The van der Waals surface area contributed by atoms with Crippen LogP contribution in [0.5, 0.6) is 0 Å². The molecule has 0 saturated carbocycles. The molecule has 0 unspecified atom stereocenters. The van der Waals surface area contributed by atoms with Crippen LogP contribution < -0.4 is 52.6 Å². The molecule has 424 valence electrons. The van der Waals surface area contributed by atoms with Crippen molar-refractivity contribution in [3.05, 3.63) is 259 Å². The second-order valence-corrected chi connectivity index (χ2v) is 27.8. The van der Waals surface area contributed by atoms with Crippen molar-refractivity contribution in [2.24, 2.45) is 0 Å². The van der Waals surface area contributed by atoms with E-state index < -0.39 is 0 Å². The highest BCUT2D eigenvalue weighted by molar-refractivity contribution is 7.01. The van der Waals surface area contributed by atoms with Gasteiger partial charge in [0.1, 0.15) is 5.58 Å². The Morgan fingerprint density at radius 1 is 0.295 bits per heavy atom. The summed E-state index contributed by atoms with van der Waals surface area (Å²) in [5.74, 6) is 0. The number of aromatic nitrogens is 1. The van der Waals surface area contributed by atoms with Crippen LogP contribution >= 0.6 is 0 Å². The summed E-state index contributed by atoms with van der Waals surface area (Å²) in [6.45, 7) is 20.6. The zero-order valence-electron chi connectivity index (χ0n) is 51.4. The van der Waals surface area contributed by atoms with Crippen molar-refractivity contribution >= 4 is 147 Å². The van der Waals surface area contributed by atoms with E-state index in [0.717, 1.165) is 73.2 Å². The molecule has 6 heterocycles. The van der Waals surface area contributed by atoms with E-state index in [9.17, 15) is 0 Å². The van der Waals surface area contributed by atoms with Crippen molar-refractivity contribution in [3.63, 3.8) is 0 Å². The van der Waals surface area contributed by atoms with Gasteiger partial charge in [-0.25, -0.2) is 0 Å². The standard InChI is InChI=1S/C80H67B2N5O/c1-78(2,3)50-25-21-33-56(43-50)85-65-37-23-36-64-74(65)81(61-42-41-52(45-70(61)85)80(7,8)9)62-46-59-60-47-63-72(49-69(60)86(57-34-22-26-51(44-57)79(4,5)6)68(59)48-71(62)83(64)53-27-13-10-14-28-53)84(54-29-15-11-16-30-54)66-38-24-39-67-75(66)82(63)77-76(58-35-19-20-40-73(58)88-77)87(67)55-31-17-12-18-32-55/h10-49H,1-9H3. The van der Waals surface area contributed by atoms with Crippen LogP contribution in [0.25, 0.3) is 38.5 Å². The third kappa shape index (κ3) is 7.70. The number of rotatable bonds is 5. The number of anilines is 12. The normalized spacial score (nSPS) is 14.1.